The van der Waals surface area contributed by atoms with Crippen molar-refractivity contribution in [1.29, 1.82) is 0 Å². The highest BCUT2D eigenvalue weighted by atomic mass is 35.5. The molecule has 0 aliphatic carbocycles. The second-order valence-electron chi connectivity index (χ2n) is 5.13. The molecule has 2 aromatic rings. The van der Waals surface area contributed by atoms with Gasteiger partial charge in [0.2, 0.25) is 5.91 Å². The van der Waals surface area contributed by atoms with Crippen LogP contribution in [0.25, 0.3) is 11.1 Å². The predicted octanol–water partition coefficient (Wildman–Crippen LogP) is 3.84. The van der Waals surface area contributed by atoms with Crippen molar-refractivity contribution >= 4 is 29.1 Å². The molecule has 0 radical (unpaired) electrons. The van der Waals surface area contributed by atoms with Crippen LogP contribution >= 0.6 is 23.2 Å². The predicted molar refractivity (Wildman–Crippen MR) is 92.4 cm³/mol. The Kier molecular flexibility index (Phi) is 5.83. The van der Waals surface area contributed by atoms with Crippen LogP contribution in [-0.4, -0.2) is 19.0 Å². The second kappa shape index (κ2) is 7.63. The lowest BCUT2D eigenvalue weighted by molar-refractivity contribution is -0.119. The zero-order valence-electron chi connectivity index (χ0n) is 12.3. The Morgan fingerprint density at radius 1 is 1.18 bits per heavy atom. The van der Waals surface area contributed by atoms with Crippen molar-refractivity contribution in [2.24, 2.45) is 5.73 Å². The molecule has 22 heavy (non-hydrogen) atoms. The van der Waals surface area contributed by atoms with E-state index < -0.39 is 0 Å². The van der Waals surface area contributed by atoms with E-state index in [1.807, 2.05) is 30.3 Å². The lowest BCUT2D eigenvalue weighted by Gasteiger charge is -2.17. The fourth-order valence-electron chi connectivity index (χ4n) is 2.30. The van der Waals surface area contributed by atoms with Crippen molar-refractivity contribution in [3.8, 4) is 11.1 Å². The van der Waals surface area contributed by atoms with E-state index in [-0.39, 0.29) is 18.4 Å². The zero-order valence-corrected chi connectivity index (χ0v) is 13.8. The molecule has 1 amide bonds. The number of hydrogen-bond donors (Lipinski definition) is 2. The van der Waals surface area contributed by atoms with E-state index in [9.17, 15) is 4.79 Å². The minimum absolute atomic E-state index is 0.00115. The summed E-state index contributed by atoms with van der Waals surface area (Å²) in [5.41, 5.74) is 8.53. The summed E-state index contributed by atoms with van der Waals surface area (Å²) in [5, 5.41) is 3.88. The SMILES string of the molecule is CC(CNC(=O)CN)c1ccccc1-c1ccc(Cl)c(Cl)c1. The largest absolute Gasteiger partial charge is 0.354 e. The van der Waals surface area contributed by atoms with Crippen LogP contribution in [0.15, 0.2) is 42.5 Å². The first-order valence-electron chi connectivity index (χ1n) is 7.04. The molecule has 1 atom stereocenters. The van der Waals surface area contributed by atoms with E-state index in [0.29, 0.717) is 16.6 Å². The van der Waals surface area contributed by atoms with Crippen LogP contribution in [-0.2, 0) is 4.79 Å². The zero-order chi connectivity index (χ0) is 16.1. The molecule has 2 rings (SSSR count). The highest BCUT2D eigenvalue weighted by Gasteiger charge is 2.13. The first-order chi connectivity index (χ1) is 10.5. The Morgan fingerprint density at radius 3 is 2.59 bits per heavy atom. The topological polar surface area (TPSA) is 55.1 Å². The summed E-state index contributed by atoms with van der Waals surface area (Å²) in [6, 6.07) is 13.6. The van der Waals surface area contributed by atoms with E-state index >= 15 is 0 Å². The summed E-state index contributed by atoms with van der Waals surface area (Å²) < 4.78 is 0. The van der Waals surface area contributed by atoms with Gasteiger partial charge in [0, 0.05) is 6.54 Å². The standard InChI is InChI=1S/C17H18Cl2N2O/c1-11(10-21-17(22)9-20)13-4-2-3-5-14(13)12-6-7-15(18)16(19)8-12/h2-8,11H,9-10,20H2,1H3,(H,21,22). The number of carbonyl (C=O) groups is 1. The Bertz CT molecular complexity index is 673. The maximum absolute atomic E-state index is 11.3. The fraction of sp³-hybridized carbons (Fsp3) is 0.235. The van der Waals surface area contributed by atoms with Gasteiger partial charge in [-0.1, -0.05) is 60.5 Å². The summed E-state index contributed by atoms with van der Waals surface area (Å²) in [5.74, 6) is 0.0000204. The number of carbonyl (C=O) groups excluding carboxylic acids is 1. The number of benzene rings is 2. The van der Waals surface area contributed by atoms with Gasteiger partial charge >= 0.3 is 0 Å². The van der Waals surface area contributed by atoms with E-state index in [2.05, 4.69) is 18.3 Å². The van der Waals surface area contributed by atoms with Crippen LogP contribution in [0, 0.1) is 0 Å². The molecule has 1 unspecified atom stereocenters. The summed E-state index contributed by atoms with van der Waals surface area (Å²) in [7, 11) is 0. The lowest BCUT2D eigenvalue weighted by atomic mass is 9.91. The number of nitrogens with two attached hydrogens (primary N) is 1. The molecule has 0 aliphatic rings. The molecule has 0 spiro atoms. The molecule has 2 aromatic carbocycles. The fourth-order valence-corrected chi connectivity index (χ4v) is 2.60. The number of hydrogen-bond acceptors (Lipinski definition) is 2. The van der Waals surface area contributed by atoms with E-state index in [1.54, 1.807) is 6.07 Å². The van der Waals surface area contributed by atoms with Crippen molar-refractivity contribution < 1.29 is 4.79 Å². The summed E-state index contributed by atoms with van der Waals surface area (Å²) in [6.07, 6.45) is 0. The average Bonchev–Trinajstić information content (AvgIpc) is 2.54. The monoisotopic (exact) mass is 336 g/mol. The molecule has 116 valence electrons. The molecule has 5 heteroatoms. The molecular formula is C17H18Cl2N2O. The molecule has 0 aliphatic heterocycles. The van der Waals surface area contributed by atoms with Crippen LogP contribution in [0.2, 0.25) is 10.0 Å². The Morgan fingerprint density at radius 2 is 1.91 bits per heavy atom. The van der Waals surface area contributed by atoms with Gasteiger partial charge in [-0.3, -0.25) is 4.79 Å². The molecule has 0 aromatic heterocycles. The number of nitrogens with one attached hydrogen (secondary N) is 1. The van der Waals surface area contributed by atoms with Gasteiger partial charge in [0.25, 0.3) is 0 Å². The van der Waals surface area contributed by atoms with Crippen molar-refractivity contribution in [3.05, 3.63) is 58.1 Å². The smallest absolute Gasteiger partial charge is 0.233 e. The van der Waals surface area contributed by atoms with Gasteiger partial charge in [-0.05, 0) is 34.7 Å². The van der Waals surface area contributed by atoms with Gasteiger partial charge in [0.15, 0.2) is 0 Å². The molecule has 0 saturated carbocycles. The third kappa shape index (κ3) is 4.01. The van der Waals surface area contributed by atoms with Gasteiger partial charge in [-0.25, -0.2) is 0 Å². The second-order valence-corrected chi connectivity index (χ2v) is 5.94. The van der Waals surface area contributed by atoms with Gasteiger partial charge < -0.3 is 11.1 Å². The molecule has 0 bridgehead atoms. The number of amides is 1. The Balaban J connectivity index is 2.29. The molecule has 3 nitrogen and oxygen atoms in total. The highest BCUT2D eigenvalue weighted by Crippen LogP contribution is 2.33. The maximum Gasteiger partial charge on any atom is 0.233 e. The van der Waals surface area contributed by atoms with Gasteiger partial charge in [-0.2, -0.15) is 0 Å². The summed E-state index contributed by atoms with van der Waals surface area (Å²) in [4.78, 5) is 11.3. The van der Waals surface area contributed by atoms with Crippen molar-refractivity contribution in [2.75, 3.05) is 13.1 Å². The third-order valence-electron chi connectivity index (χ3n) is 3.51. The van der Waals surface area contributed by atoms with Gasteiger partial charge in [0.05, 0.1) is 16.6 Å². The summed E-state index contributed by atoms with van der Waals surface area (Å²) >= 11 is 12.1. The normalized spacial score (nSPS) is 12.0. The minimum atomic E-state index is -0.154. The number of rotatable bonds is 5. The van der Waals surface area contributed by atoms with Gasteiger partial charge in [0.1, 0.15) is 0 Å². The first-order valence-corrected chi connectivity index (χ1v) is 7.79. The van der Waals surface area contributed by atoms with E-state index in [1.165, 1.54) is 0 Å². The lowest BCUT2D eigenvalue weighted by Crippen LogP contribution is -2.33. The van der Waals surface area contributed by atoms with E-state index in [4.69, 9.17) is 28.9 Å². The van der Waals surface area contributed by atoms with E-state index in [0.717, 1.165) is 16.7 Å². The maximum atomic E-state index is 11.3. The Hall–Kier alpha value is -1.55. The van der Waals surface area contributed by atoms with Crippen LogP contribution in [0.4, 0.5) is 0 Å². The average molecular weight is 337 g/mol. The van der Waals surface area contributed by atoms with Gasteiger partial charge in [-0.15, -0.1) is 0 Å². The molecular weight excluding hydrogens is 319 g/mol. The van der Waals surface area contributed by atoms with Crippen LogP contribution in [0.5, 0.6) is 0 Å². The molecule has 0 heterocycles. The van der Waals surface area contributed by atoms with Crippen molar-refractivity contribution in [1.82, 2.24) is 5.32 Å². The first kappa shape index (κ1) is 16.8. The molecule has 0 fully saturated rings. The quantitative estimate of drug-likeness (QED) is 0.871. The molecule has 0 saturated heterocycles. The van der Waals surface area contributed by atoms with Crippen molar-refractivity contribution in [3.63, 3.8) is 0 Å². The molecule has 3 N–H and O–H groups in total. The van der Waals surface area contributed by atoms with Crippen LogP contribution in [0.1, 0.15) is 18.4 Å². The van der Waals surface area contributed by atoms with Crippen LogP contribution in [0.3, 0.4) is 0 Å². The minimum Gasteiger partial charge on any atom is -0.354 e. The highest BCUT2D eigenvalue weighted by molar-refractivity contribution is 6.42. The number of halogens is 2. The van der Waals surface area contributed by atoms with Crippen LogP contribution < -0.4 is 11.1 Å². The Labute approximate surface area is 140 Å². The van der Waals surface area contributed by atoms with Crippen molar-refractivity contribution in [2.45, 2.75) is 12.8 Å². The third-order valence-corrected chi connectivity index (χ3v) is 4.25. The summed E-state index contributed by atoms with van der Waals surface area (Å²) in [6.45, 7) is 2.60.